The van der Waals surface area contributed by atoms with E-state index in [9.17, 15) is 13.9 Å². The van der Waals surface area contributed by atoms with Gasteiger partial charge in [-0.1, -0.05) is 30.3 Å². The minimum Gasteiger partial charge on any atom is -0.436 e. The quantitative estimate of drug-likeness (QED) is 0.384. The number of aliphatic hydroxyl groups excluding tert-OH is 1. The van der Waals surface area contributed by atoms with Crippen LogP contribution in [0.3, 0.4) is 0 Å². The van der Waals surface area contributed by atoms with Crippen LogP contribution in [0.1, 0.15) is 26.3 Å². The Bertz CT molecular complexity index is 1120. The molecule has 9 heteroatoms. The predicted octanol–water partition coefficient (Wildman–Crippen LogP) is 4.78. The third-order valence-electron chi connectivity index (χ3n) is 5.41. The Balaban J connectivity index is 1.95. The third kappa shape index (κ3) is 7.83. The van der Waals surface area contributed by atoms with Crippen molar-refractivity contribution in [3.05, 3.63) is 65.7 Å². The number of hydrogen-bond donors (Lipinski definition) is 1. The Morgan fingerprint density at radius 3 is 2.47 bits per heavy atom. The van der Waals surface area contributed by atoms with Crippen LogP contribution in [-0.2, 0) is 23.1 Å². The molecule has 1 heterocycles. The van der Waals surface area contributed by atoms with Crippen molar-refractivity contribution >= 4 is 0 Å². The Morgan fingerprint density at radius 2 is 1.83 bits per heavy atom. The molecule has 7 nitrogen and oxygen atoms in total. The minimum absolute atomic E-state index is 0.109. The van der Waals surface area contributed by atoms with Crippen molar-refractivity contribution in [3.63, 3.8) is 0 Å². The third-order valence-corrected chi connectivity index (χ3v) is 5.41. The maximum atomic E-state index is 14.4. The molecule has 2 aromatic carbocycles. The topological polar surface area (TPSA) is 69.0 Å². The second kappa shape index (κ2) is 12.4. The molecule has 1 atom stereocenters. The SMILES string of the molecule is COCCN(Cc1c(-c2ccccc2)nn(C)c1Oc1ccc(F)cc1F)C[C@H](O)COC(C)(C)C. The summed E-state index contributed by atoms with van der Waals surface area (Å²) in [6.07, 6.45) is -0.739. The van der Waals surface area contributed by atoms with Crippen molar-refractivity contribution in [1.82, 2.24) is 14.7 Å². The molecule has 0 radical (unpaired) electrons. The van der Waals surface area contributed by atoms with Gasteiger partial charge in [0, 0.05) is 45.4 Å². The Labute approximate surface area is 211 Å². The van der Waals surface area contributed by atoms with Crippen LogP contribution in [0, 0.1) is 11.6 Å². The normalized spacial score (nSPS) is 12.8. The van der Waals surface area contributed by atoms with E-state index in [0.29, 0.717) is 43.4 Å². The van der Waals surface area contributed by atoms with Gasteiger partial charge in [-0.05, 0) is 32.9 Å². The fourth-order valence-corrected chi connectivity index (χ4v) is 3.69. The molecule has 3 aromatic rings. The molecule has 0 saturated heterocycles. The van der Waals surface area contributed by atoms with Crippen LogP contribution in [0.2, 0.25) is 0 Å². The van der Waals surface area contributed by atoms with E-state index in [1.807, 2.05) is 56.0 Å². The lowest BCUT2D eigenvalue weighted by Gasteiger charge is -2.27. The van der Waals surface area contributed by atoms with Crippen LogP contribution in [0.25, 0.3) is 11.3 Å². The van der Waals surface area contributed by atoms with Gasteiger partial charge in [0.05, 0.1) is 30.5 Å². The smallest absolute Gasteiger partial charge is 0.222 e. The first kappa shape index (κ1) is 27.7. The summed E-state index contributed by atoms with van der Waals surface area (Å²) < 4.78 is 46.4. The Kier molecular flexibility index (Phi) is 9.56. The molecule has 0 spiro atoms. The van der Waals surface area contributed by atoms with Gasteiger partial charge >= 0.3 is 0 Å². The molecular formula is C27H35F2N3O4. The molecule has 0 aliphatic heterocycles. The summed E-state index contributed by atoms with van der Waals surface area (Å²) in [6.45, 7) is 7.59. The highest BCUT2D eigenvalue weighted by Crippen LogP contribution is 2.35. The molecule has 36 heavy (non-hydrogen) atoms. The summed E-state index contributed by atoms with van der Waals surface area (Å²) in [5.74, 6) is -1.29. The van der Waals surface area contributed by atoms with Gasteiger partial charge < -0.3 is 19.3 Å². The van der Waals surface area contributed by atoms with Gasteiger partial charge in [-0.25, -0.2) is 13.5 Å². The molecule has 196 valence electrons. The molecule has 0 aliphatic rings. The van der Waals surface area contributed by atoms with Crippen LogP contribution < -0.4 is 4.74 Å². The Morgan fingerprint density at radius 1 is 1.11 bits per heavy atom. The van der Waals surface area contributed by atoms with E-state index in [-0.39, 0.29) is 18.0 Å². The standard InChI is InChI=1S/C27H35F2N3O4/c1-27(2,3)35-18-21(33)16-32(13-14-34-5)17-22-25(19-9-7-6-8-10-19)30-31(4)26(22)36-24-12-11-20(28)15-23(24)29/h6-12,15,21,33H,13-14,16-18H2,1-5H3/t21-/m0/s1. The first-order valence-corrected chi connectivity index (χ1v) is 11.8. The summed E-state index contributed by atoms with van der Waals surface area (Å²) in [5.41, 5.74) is 1.86. The van der Waals surface area contributed by atoms with Gasteiger partial charge in [0.2, 0.25) is 5.88 Å². The number of aliphatic hydroxyl groups is 1. The van der Waals surface area contributed by atoms with Crippen LogP contribution in [0.5, 0.6) is 11.6 Å². The first-order valence-electron chi connectivity index (χ1n) is 11.8. The largest absolute Gasteiger partial charge is 0.436 e. The maximum Gasteiger partial charge on any atom is 0.222 e. The number of aryl methyl sites for hydroxylation is 1. The Hall–Kier alpha value is -2.85. The van der Waals surface area contributed by atoms with Gasteiger partial charge in [0.15, 0.2) is 11.6 Å². The summed E-state index contributed by atoms with van der Waals surface area (Å²) in [4.78, 5) is 2.01. The van der Waals surface area contributed by atoms with Gasteiger partial charge in [0.1, 0.15) is 11.5 Å². The van der Waals surface area contributed by atoms with E-state index >= 15 is 0 Å². The number of hydrogen-bond acceptors (Lipinski definition) is 6. The highest BCUT2D eigenvalue weighted by atomic mass is 19.1. The van der Waals surface area contributed by atoms with E-state index in [1.165, 1.54) is 10.7 Å². The number of nitrogens with zero attached hydrogens (tertiary/aromatic N) is 3. The second-order valence-corrected chi connectivity index (χ2v) is 9.60. The molecule has 0 saturated carbocycles. The van der Waals surface area contributed by atoms with Crippen molar-refractivity contribution in [3.8, 4) is 22.9 Å². The summed E-state index contributed by atoms with van der Waals surface area (Å²) in [6, 6.07) is 12.8. The molecule has 0 unspecified atom stereocenters. The zero-order valence-electron chi connectivity index (χ0n) is 21.5. The fraction of sp³-hybridized carbons (Fsp3) is 0.444. The van der Waals surface area contributed by atoms with E-state index in [2.05, 4.69) is 5.10 Å². The van der Waals surface area contributed by atoms with Gasteiger partial charge in [-0.15, -0.1) is 0 Å². The summed E-state index contributed by atoms with van der Waals surface area (Å²) >= 11 is 0. The maximum absolute atomic E-state index is 14.4. The lowest BCUT2D eigenvalue weighted by Crippen LogP contribution is -2.38. The monoisotopic (exact) mass is 503 g/mol. The highest BCUT2D eigenvalue weighted by molar-refractivity contribution is 5.65. The lowest BCUT2D eigenvalue weighted by molar-refractivity contribution is -0.0576. The van der Waals surface area contributed by atoms with E-state index in [0.717, 1.165) is 17.7 Å². The number of aromatic nitrogens is 2. The molecule has 3 rings (SSSR count). The molecule has 0 amide bonds. The van der Waals surface area contributed by atoms with Crippen molar-refractivity contribution in [2.45, 2.75) is 39.0 Å². The van der Waals surface area contributed by atoms with Crippen molar-refractivity contribution < 1.29 is 28.1 Å². The summed E-state index contributed by atoms with van der Waals surface area (Å²) in [5, 5.41) is 15.3. The molecule has 1 aromatic heterocycles. The van der Waals surface area contributed by atoms with Gasteiger partial charge in [-0.2, -0.15) is 5.10 Å². The van der Waals surface area contributed by atoms with Crippen molar-refractivity contribution in [2.75, 3.05) is 33.4 Å². The van der Waals surface area contributed by atoms with Crippen molar-refractivity contribution in [2.24, 2.45) is 7.05 Å². The van der Waals surface area contributed by atoms with E-state index in [4.69, 9.17) is 14.2 Å². The van der Waals surface area contributed by atoms with E-state index in [1.54, 1.807) is 14.2 Å². The molecule has 1 N–H and O–H groups in total. The number of rotatable bonds is 12. The first-order chi connectivity index (χ1) is 17.1. The predicted molar refractivity (Wildman–Crippen MR) is 134 cm³/mol. The number of methoxy groups -OCH3 is 1. The van der Waals surface area contributed by atoms with Gasteiger partial charge in [-0.3, -0.25) is 4.90 Å². The lowest BCUT2D eigenvalue weighted by atomic mass is 10.1. The van der Waals surface area contributed by atoms with Crippen molar-refractivity contribution in [1.29, 1.82) is 0 Å². The average molecular weight is 504 g/mol. The van der Waals surface area contributed by atoms with Crippen LogP contribution in [-0.4, -0.2) is 64.9 Å². The average Bonchev–Trinajstić information content (AvgIpc) is 3.12. The molecule has 0 aliphatic carbocycles. The van der Waals surface area contributed by atoms with Gasteiger partial charge in [0.25, 0.3) is 0 Å². The van der Waals surface area contributed by atoms with E-state index < -0.39 is 17.7 Å². The zero-order valence-corrected chi connectivity index (χ0v) is 21.5. The number of ether oxygens (including phenoxy) is 3. The summed E-state index contributed by atoms with van der Waals surface area (Å²) in [7, 11) is 3.32. The molecule has 0 fully saturated rings. The fourth-order valence-electron chi connectivity index (χ4n) is 3.69. The highest BCUT2D eigenvalue weighted by Gasteiger charge is 2.24. The van der Waals surface area contributed by atoms with Crippen LogP contribution >= 0.6 is 0 Å². The molecule has 0 bridgehead atoms. The minimum atomic E-state index is -0.811. The zero-order chi connectivity index (χ0) is 26.3. The number of halogens is 2. The van der Waals surface area contributed by atoms with Crippen LogP contribution in [0.4, 0.5) is 8.78 Å². The number of benzene rings is 2. The molecular weight excluding hydrogens is 468 g/mol. The van der Waals surface area contributed by atoms with Crippen LogP contribution in [0.15, 0.2) is 48.5 Å². The second-order valence-electron chi connectivity index (χ2n) is 9.60.